The summed E-state index contributed by atoms with van der Waals surface area (Å²) in [4.78, 5) is 23.3. The Morgan fingerprint density at radius 3 is 2.55 bits per heavy atom. The van der Waals surface area contributed by atoms with Crippen LogP contribution >= 0.6 is 0 Å². The van der Waals surface area contributed by atoms with Gasteiger partial charge in [0, 0.05) is 12.1 Å². The van der Waals surface area contributed by atoms with Crippen molar-refractivity contribution in [1.82, 2.24) is 10.6 Å². The van der Waals surface area contributed by atoms with E-state index < -0.39 is 11.4 Å². The van der Waals surface area contributed by atoms with Crippen LogP contribution in [0, 0.1) is 0 Å². The summed E-state index contributed by atoms with van der Waals surface area (Å²) in [6.45, 7) is 3.38. The van der Waals surface area contributed by atoms with Crippen molar-refractivity contribution >= 4 is 11.8 Å². The third-order valence-electron chi connectivity index (χ3n) is 3.97. The predicted molar refractivity (Wildman–Crippen MR) is 77.1 cm³/mol. The van der Waals surface area contributed by atoms with Crippen LogP contribution in [0.15, 0.2) is 24.3 Å². The summed E-state index contributed by atoms with van der Waals surface area (Å²) < 4.78 is 0. The van der Waals surface area contributed by atoms with Gasteiger partial charge >= 0.3 is 0 Å². The molecular formula is C15H21N3O2. The molecule has 0 aliphatic carbocycles. The fourth-order valence-corrected chi connectivity index (χ4v) is 2.60. The van der Waals surface area contributed by atoms with Crippen LogP contribution in [0.3, 0.4) is 0 Å². The summed E-state index contributed by atoms with van der Waals surface area (Å²) in [5.74, 6) is -0.392. The Hall–Kier alpha value is -1.88. The molecule has 1 unspecified atom stereocenters. The summed E-state index contributed by atoms with van der Waals surface area (Å²) in [7, 11) is 0. The molecule has 1 aliphatic rings. The van der Waals surface area contributed by atoms with Crippen LogP contribution in [0.4, 0.5) is 0 Å². The quantitative estimate of drug-likeness (QED) is 0.747. The third kappa shape index (κ3) is 2.99. The molecule has 0 radical (unpaired) electrons. The summed E-state index contributed by atoms with van der Waals surface area (Å²) in [5.41, 5.74) is 6.20. The Bertz CT molecular complexity index is 490. The third-order valence-corrected chi connectivity index (χ3v) is 3.97. The molecule has 1 saturated heterocycles. The molecule has 5 heteroatoms. The van der Waals surface area contributed by atoms with Gasteiger partial charge in [-0.15, -0.1) is 0 Å². The van der Waals surface area contributed by atoms with Gasteiger partial charge in [0.25, 0.3) is 0 Å². The first kappa shape index (κ1) is 14.5. The van der Waals surface area contributed by atoms with Crippen molar-refractivity contribution in [2.45, 2.75) is 38.3 Å². The fraction of sp³-hybridized carbons (Fsp3) is 0.467. The van der Waals surface area contributed by atoms with E-state index in [0.717, 1.165) is 31.4 Å². The van der Waals surface area contributed by atoms with Gasteiger partial charge in [0.1, 0.15) is 0 Å². The summed E-state index contributed by atoms with van der Waals surface area (Å²) in [5, 5.41) is 6.27. The van der Waals surface area contributed by atoms with Gasteiger partial charge in [-0.1, -0.05) is 19.1 Å². The van der Waals surface area contributed by atoms with E-state index in [1.54, 1.807) is 24.3 Å². The Kier molecular flexibility index (Phi) is 4.39. The SMILES string of the molecule is CCC1(C(=O)NCc2ccc(C(N)=O)cc2)CCCN1. The van der Waals surface area contributed by atoms with Crippen LogP contribution in [-0.2, 0) is 11.3 Å². The normalized spacial score (nSPS) is 21.6. The average Bonchev–Trinajstić information content (AvgIpc) is 2.95. The molecule has 0 spiro atoms. The number of carbonyl (C=O) groups excluding carboxylic acids is 2. The highest BCUT2D eigenvalue weighted by molar-refractivity contribution is 5.92. The van der Waals surface area contributed by atoms with Gasteiger partial charge in [-0.25, -0.2) is 0 Å². The summed E-state index contributed by atoms with van der Waals surface area (Å²) >= 11 is 0. The van der Waals surface area contributed by atoms with Crippen LogP contribution in [-0.4, -0.2) is 23.9 Å². The molecule has 1 fully saturated rings. The lowest BCUT2D eigenvalue weighted by Gasteiger charge is -2.26. The van der Waals surface area contributed by atoms with E-state index in [9.17, 15) is 9.59 Å². The van der Waals surface area contributed by atoms with Gasteiger partial charge < -0.3 is 16.4 Å². The molecule has 1 aromatic rings. The zero-order valence-corrected chi connectivity index (χ0v) is 11.7. The van der Waals surface area contributed by atoms with Gasteiger partial charge in [0.2, 0.25) is 11.8 Å². The first-order valence-corrected chi connectivity index (χ1v) is 6.99. The van der Waals surface area contributed by atoms with E-state index in [-0.39, 0.29) is 5.91 Å². The van der Waals surface area contributed by atoms with Crippen LogP contribution in [0.2, 0.25) is 0 Å². The molecule has 2 rings (SSSR count). The Labute approximate surface area is 118 Å². The molecule has 2 amide bonds. The van der Waals surface area contributed by atoms with Gasteiger partial charge in [0.15, 0.2) is 0 Å². The number of primary amides is 1. The number of hydrogen-bond acceptors (Lipinski definition) is 3. The number of nitrogens with one attached hydrogen (secondary N) is 2. The lowest BCUT2D eigenvalue weighted by Crippen LogP contribution is -2.52. The predicted octanol–water partition coefficient (Wildman–Crippen LogP) is 0.934. The molecule has 20 heavy (non-hydrogen) atoms. The molecular weight excluding hydrogens is 254 g/mol. The van der Waals surface area contributed by atoms with Crippen molar-refractivity contribution in [3.63, 3.8) is 0 Å². The van der Waals surface area contributed by atoms with Crippen molar-refractivity contribution in [2.24, 2.45) is 5.73 Å². The van der Waals surface area contributed by atoms with Gasteiger partial charge in [-0.05, 0) is 43.5 Å². The van der Waals surface area contributed by atoms with Crippen molar-refractivity contribution in [1.29, 1.82) is 0 Å². The van der Waals surface area contributed by atoms with E-state index in [1.165, 1.54) is 0 Å². The zero-order chi connectivity index (χ0) is 14.6. The van der Waals surface area contributed by atoms with Crippen LogP contribution in [0.5, 0.6) is 0 Å². The van der Waals surface area contributed by atoms with E-state index >= 15 is 0 Å². The second kappa shape index (κ2) is 6.05. The van der Waals surface area contributed by atoms with E-state index in [4.69, 9.17) is 5.73 Å². The molecule has 0 aromatic heterocycles. The maximum absolute atomic E-state index is 12.3. The van der Waals surface area contributed by atoms with Gasteiger partial charge in [-0.2, -0.15) is 0 Å². The molecule has 1 aliphatic heterocycles. The number of amides is 2. The summed E-state index contributed by atoms with van der Waals surface area (Å²) in [6, 6.07) is 6.96. The topological polar surface area (TPSA) is 84.2 Å². The largest absolute Gasteiger partial charge is 0.366 e. The Balaban J connectivity index is 1.94. The molecule has 0 bridgehead atoms. The van der Waals surface area contributed by atoms with Crippen LogP contribution in [0.1, 0.15) is 42.1 Å². The number of carbonyl (C=O) groups is 2. The molecule has 1 atom stereocenters. The smallest absolute Gasteiger partial charge is 0.248 e. The zero-order valence-electron chi connectivity index (χ0n) is 11.7. The van der Waals surface area contributed by atoms with E-state index in [1.807, 2.05) is 6.92 Å². The van der Waals surface area contributed by atoms with Crippen molar-refractivity contribution in [2.75, 3.05) is 6.54 Å². The lowest BCUT2D eigenvalue weighted by atomic mass is 9.93. The lowest BCUT2D eigenvalue weighted by molar-refractivity contribution is -0.127. The fourth-order valence-electron chi connectivity index (χ4n) is 2.60. The molecule has 1 heterocycles. The summed E-state index contributed by atoms with van der Waals surface area (Å²) in [6.07, 6.45) is 2.71. The molecule has 5 nitrogen and oxygen atoms in total. The molecule has 4 N–H and O–H groups in total. The van der Waals surface area contributed by atoms with Crippen molar-refractivity contribution < 1.29 is 9.59 Å². The van der Waals surface area contributed by atoms with Crippen molar-refractivity contribution in [3.8, 4) is 0 Å². The van der Waals surface area contributed by atoms with Gasteiger partial charge in [0.05, 0.1) is 5.54 Å². The van der Waals surface area contributed by atoms with Gasteiger partial charge in [-0.3, -0.25) is 9.59 Å². The van der Waals surface area contributed by atoms with E-state index in [0.29, 0.717) is 12.1 Å². The number of hydrogen-bond donors (Lipinski definition) is 3. The second-order valence-electron chi connectivity index (χ2n) is 5.21. The molecule has 108 valence electrons. The monoisotopic (exact) mass is 275 g/mol. The Morgan fingerprint density at radius 1 is 1.35 bits per heavy atom. The maximum atomic E-state index is 12.3. The Morgan fingerprint density at radius 2 is 2.05 bits per heavy atom. The van der Waals surface area contributed by atoms with E-state index in [2.05, 4.69) is 10.6 Å². The maximum Gasteiger partial charge on any atom is 0.248 e. The highest BCUT2D eigenvalue weighted by Crippen LogP contribution is 2.23. The first-order chi connectivity index (χ1) is 9.57. The number of rotatable bonds is 5. The first-order valence-electron chi connectivity index (χ1n) is 6.99. The number of benzene rings is 1. The van der Waals surface area contributed by atoms with Crippen LogP contribution in [0.25, 0.3) is 0 Å². The highest BCUT2D eigenvalue weighted by Gasteiger charge is 2.38. The molecule has 0 saturated carbocycles. The number of nitrogens with two attached hydrogens (primary N) is 1. The minimum atomic E-state index is -0.444. The second-order valence-corrected chi connectivity index (χ2v) is 5.21. The minimum absolute atomic E-state index is 0.0523. The average molecular weight is 275 g/mol. The minimum Gasteiger partial charge on any atom is -0.366 e. The van der Waals surface area contributed by atoms with Crippen LogP contribution < -0.4 is 16.4 Å². The highest BCUT2D eigenvalue weighted by atomic mass is 16.2. The van der Waals surface area contributed by atoms with Crippen molar-refractivity contribution in [3.05, 3.63) is 35.4 Å². The molecule has 1 aromatic carbocycles. The standard InChI is InChI=1S/C15H21N3O2/c1-2-15(8-3-9-18-15)14(20)17-10-11-4-6-12(7-5-11)13(16)19/h4-7,18H,2-3,8-10H2,1H3,(H2,16,19)(H,17,20).